The van der Waals surface area contributed by atoms with Gasteiger partial charge in [0.15, 0.2) is 0 Å². The van der Waals surface area contributed by atoms with Crippen molar-refractivity contribution in [3.05, 3.63) is 34.9 Å². The monoisotopic (exact) mass is 162 g/mol. The van der Waals surface area contributed by atoms with Crippen molar-refractivity contribution in [2.24, 2.45) is 0 Å². The first kappa shape index (κ1) is 10.6. The largest absolute Gasteiger partial charge is 1.00 e. The van der Waals surface area contributed by atoms with Crippen LogP contribution in [0.3, 0.4) is 0 Å². The van der Waals surface area contributed by atoms with Gasteiger partial charge in [-0.05, 0) is 17.7 Å². The van der Waals surface area contributed by atoms with E-state index in [0.717, 1.165) is 0 Å². The van der Waals surface area contributed by atoms with E-state index in [0.29, 0.717) is 5.02 Å². The quantitative estimate of drug-likeness (QED) is 0.436. The molecule has 0 aliphatic carbocycles. The van der Waals surface area contributed by atoms with Crippen molar-refractivity contribution in [3.8, 4) is 0 Å². The van der Waals surface area contributed by atoms with Crippen LogP contribution in [0.5, 0.6) is 0 Å². The Morgan fingerprint density at radius 2 is 2.09 bits per heavy atom. The number of rotatable bonds is 1. The summed E-state index contributed by atoms with van der Waals surface area (Å²) in [7, 11) is 0. The van der Waals surface area contributed by atoms with E-state index in [1.165, 1.54) is 12.1 Å². The normalized spacial score (nSPS) is 8.45. The third-order valence-electron chi connectivity index (χ3n) is 1.06. The molecule has 0 atom stereocenters. The fourth-order valence-electron chi connectivity index (χ4n) is 0.615. The van der Waals surface area contributed by atoms with Gasteiger partial charge in [-0.3, -0.25) is 0 Å². The molecule has 0 unspecified atom stereocenters. The Bertz CT molecular complexity index is 262. The molecule has 11 heavy (non-hydrogen) atoms. The van der Waals surface area contributed by atoms with E-state index in [4.69, 9.17) is 11.6 Å². The summed E-state index contributed by atoms with van der Waals surface area (Å²) in [6, 6.07) is 5.94. The molecule has 1 rings (SSSR count). The average Bonchev–Trinajstić information content (AvgIpc) is 1.88. The molecule has 0 N–H and O–H groups in total. The number of carbonyl (C=O) groups is 1. The Labute approximate surface area is 81.4 Å². The van der Waals surface area contributed by atoms with Gasteiger partial charge < -0.3 is 9.90 Å². The summed E-state index contributed by atoms with van der Waals surface area (Å²) in [5, 5.41) is 10.6. The molecular formula is C7H4ClLiO2. The molecule has 4 heteroatoms. The number of carboxylic acids is 1. The standard InChI is InChI=1S/C7H5ClO2.Li/c8-6-3-1-2-5(4-6)7(9)10;/h1-4H,(H,9,10);/q;+1/p-1. The van der Waals surface area contributed by atoms with Crippen LogP contribution in [0.2, 0.25) is 5.02 Å². The van der Waals surface area contributed by atoms with Crippen LogP contribution in [-0.2, 0) is 0 Å². The zero-order valence-electron chi connectivity index (χ0n) is 6.00. The van der Waals surface area contributed by atoms with Crippen LogP contribution in [0.15, 0.2) is 24.3 Å². The van der Waals surface area contributed by atoms with Gasteiger partial charge in [0.1, 0.15) is 0 Å². The number of carboxylic acid groups (broad SMARTS) is 1. The first-order valence-electron chi connectivity index (χ1n) is 2.67. The van der Waals surface area contributed by atoms with E-state index >= 15 is 0 Å². The van der Waals surface area contributed by atoms with E-state index in [-0.39, 0.29) is 24.4 Å². The van der Waals surface area contributed by atoms with Gasteiger partial charge in [-0.25, -0.2) is 0 Å². The Kier molecular flexibility index (Phi) is 4.28. The molecule has 1 aromatic carbocycles. The molecular weight excluding hydrogens is 158 g/mol. The Hall–Kier alpha value is -0.423. The number of aromatic carboxylic acids is 1. The topological polar surface area (TPSA) is 40.1 Å². The fourth-order valence-corrected chi connectivity index (χ4v) is 0.806. The van der Waals surface area contributed by atoms with E-state index in [1.54, 1.807) is 12.1 Å². The number of hydrogen-bond donors (Lipinski definition) is 0. The second-order valence-corrected chi connectivity index (χ2v) is 2.23. The zero-order valence-corrected chi connectivity index (χ0v) is 6.76. The summed E-state index contributed by atoms with van der Waals surface area (Å²) in [6.07, 6.45) is 0. The van der Waals surface area contributed by atoms with Crippen molar-refractivity contribution in [3.63, 3.8) is 0 Å². The summed E-state index contributed by atoms with van der Waals surface area (Å²) in [5.41, 5.74) is 0.104. The van der Waals surface area contributed by atoms with Gasteiger partial charge in [0, 0.05) is 5.02 Å². The maximum absolute atomic E-state index is 10.2. The Morgan fingerprint density at radius 3 is 2.45 bits per heavy atom. The van der Waals surface area contributed by atoms with Crippen LogP contribution in [0, 0.1) is 0 Å². The number of hydrogen-bond acceptors (Lipinski definition) is 2. The Morgan fingerprint density at radius 1 is 1.45 bits per heavy atom. The summed E-state index contributed by atoms with van der Waals surface area (Å²) < 4.78 is 0. The van der Waals surface area contributed by atoms with Gasteiger partial charge in [-0.15, -0.1) is 0 Å². The third-order valence-corrected chi connectivity index (χ3v) is 1.30. The first-order chi connectivity index (χ1) is 4.70. The minimum atomic E-state index is -1.21. The van der Waals surface area contributed by atoms with Crippen LogP contribution < -0.4 is 24.0 Å². The van der Waals surface area contributed by atoms with Crippen molar-refractivity contribution < 1.29 is 28.8 Å². The molecule has 0 aliphatic rings. The molecule has 0 bridgehead atoms. The molecule has 52 valence electrons. The maximum atomic E-state index is 10.2. The van der Waals surface area contributed by atoms with E-state index in [2.05, 4.69) is 0 Å². The SMILES string of the molecule is O=C([O-])c1cccc(Cl)c1.[Li+]. The van der Waals surface area contributed by atoms with Crippen LogP contribution >= 0.6 is 11.6 Å². The molecule has 0 aromatic heterocycles. The van der Waals surface area contributed by atoms with Gasteiger partial charge >= 0.3 is 18.9 Å². The van der Waals surface area contributed by atoms with Crippen molar-refractivity contribution >= 4 is 17.6 Å². The molecule has 0 heterocycles. The Balaban J connectivity index is 0.000001000. The average molecular weight is 163 g/mol. The predicted molar refractivity (Wildman–Crippen MR) is 35.8 cm³/mol. The third kappa shape index (κ3) is 2.98. The minimum absolute atomic E-state index is 0. The van der Waals surface area contributed by atoms with Gasteiger partial charge in [-0.2, -0.15) is 0 Å². The van der Waals surface area contributed by atoms with Gasteiger partial charge in [0.25, 0.3) is 0 Å². The van der Waals surface area contributed by atoms with Gasteiger partial charge in [0.05, 0.1) is 5.97 Å². The van der Waals surface area contributed by atoms with E-state index < -0.39 is 5.97 Å². The number of benzene rings is 1. The predicted octanol–water partition coefficient (Wildman–Crippen LogP) is -2.29. The molecule has 0 saturated carbocycles. The van der Waals surface area contributed by atoms with Crippen LogP contribution in [0.25, 0.3) is 0 Å². The summed E-state index contributed by atoms with van der Waals surface area (Å²) in [5.74, 6) is -1.21. The number of halogens is 1. The molecule has 2 nitrogen and oxygen atoms in total. The molecule has 0 spiro atoms. The van der Waals surface area contributed by atoms with Crippen molar-refractivity contribution in [1.29, 1.82) is 0 Å². The zero-order chi connectivity index (χ0) is 7.56. The fraction of sp³-hybridized carbons (Fsp3) is 0. The van der Waals surface area contributed by atoms with E-state index in [1.807, 2.05) is 0 Å². The molecule has 0 saturated heterocycles. The second-order valence-electron chi connectivity index (χ2n) is 1.80. The molecule has 1 aromatic rings. The van der Waals surface area contributed by atoms with Crippen LogP contribution in [0.1, 0.15) is 10.4 Å². The minimum Gasteiger partial charge on any atom is -0.545 e. The first-order valence-corrected chi connectivity index (χ1v) is 3.05. The summed E-state index contributed by atoms with van der Waals surface area (Å²) in [4.78, 5) is 10.2. The molecule has 0 fully saturated rings. The van der Waals surface area contributed by atoms with Crippen molar-refractivity contribution in [2.45, 2.75) is 0 Å². The van der Waals surface area contributed by atoms with Crippen molar-refractivity contribution in [1.82, 2.24) is 0 Å². The van der Waals surface area contributed by atoms with Crippen LogP contribution in [-0.4, -0.2) is 5.97 Å². The van der Waals surface area contributed by atoms with Crippen LogP contribution in [0.4, 0.5) is 0 Å². The summed E-state index contributed by atoms with van der Waals surface area (Å²) >= 11 is 5.50. The molecule has 0 aliphatic heterocycles. The number of carbonyl (C=O) groups excluding carboxylic acids is 1. The summed E-state index contributed by atoms with van der Waals surface area (Å²) in [6.45, 7) is 0. The molecule has 0 amide bonds. The van der Waals surface area contributed by atoms with Gasteiger partial charge in [0.2, 0.25) is 0 Å². The molecule has 0 radical (unpaired) electrons. The van der Waals surface area contributed by atoms with Gasteiger partial charge in [-0.1, -0.05) is 23.7 Å². The van der Waals surface area contributed by atoms with Crippen molar-refractivity contribution in [2.75, 3.05) is 0 Å². The van der Waals surface area contributed by atoms with E-state index in [9.17, 15) is 9.90 Å². The second kappa shape index (κ2) is 4.45. The smallest absolute Gasteiger partial charge is 0.545 e. The maximum Gasteiger partial charge on any atom is 1.00 e.